The van der Waals surface area contributed by atoms with E-state index in [0.29, 0.717) is 5.13 Å². The maximum atomic E-state index is 12.4. The predicted molar refractivity (Wildman–Crippen MR) is 98.6 cm³/mol. The molecule has 25 heavy (non-hydrogen) atoms. The molecule has 0 aliphatic heterocycles. The lowest BCUT2D eigenvalue weighted by Crippen LogP contribution is -2.13. The molecule has 1 aromatic carbocycles. The van der Waals surface area contributed by atoms with Gasteiger partial charge in [-0.2, -0.15) is 5.10 Å². The van der Waals surface area contributed by atoms with E-state index in [2.05, 4.69) is 15.4 Å². The molecule has 0 atom stereocenters. The number of hydrogen-bond acceptors (Lipinski definition) is 6. The molecule has 1 amide bonds. The standard InChI is InChI=1S/C17H12N4O2S2/c22-13-9-21(11-5-2-1-3-6-11)20-15(13)16(23)19-17-18-12(10-25-17)14-7-4-8-24-14/h1-10,22H,(H,18,19,23). The van der Waals surface area contributed by atoms with Gasteiger partial charge in [-0.3, -0.25) is 10.1 Å². The zero-order valence-electron chi connectivity index (χ0n) is 12.8. The molecule has 0 saturated carbocycles. The van der Waals surface area contributed by atoms with Crippen LogP contribution in [0.2, 0.25) is 0 Å². The highest BCUT2D eigenvalue weighted by Crippen LogP contribution is 2.29. The fourth-order valence-electron chi connectivity index (χ4n) is 2.26. The fourth-order valence-corrected chi connectivity index (χ4v) is 3.73. The summed E-state index contributed by atoms with van der Waals surface area (Å²) in [5, 5.41) is 21.2. The Kier molecular flexibility index (Phi) is 4.04. The van der Waals surface area contributed by atoms with E-state index in [-0.39, 0.29) is 11.4 Å². The average Bonchev–Trinajstić information content (AvgIpc) is 3.35. The third kappa shape index (κ3) is 3.17. The number of para-hydroxylation sites is 1. The largest absolute Gasteiger partial charge is 0.504 e. The second kappa shape index (κ2) is 6.50. The van der Waals surface area contributed by atoms with Crippen LogP contribution in [0.4, 0.5) is 5.13 Å². The lowest BCUT2D eigenvalue weighted by Gasteiger charge is -2.00. The second-order valence-corrected chi connectivity index (χ2v) is 6.92. The first-order valence-corrected chi connectivity index (χ1v) is 9.11. The number of rotatable bonds is 4. The van der Waals surface area contributed by atoms with Crippen LogP contribution in [-0.4, -0.2) is 25.8 Å². The molecule has 124 valence electrons. The molecule has 0 unspecified atom stereocenters. The third-order valence-corrected chi connectivity index (χ3v) is 5.08. The number of benzene rings is 1. The van der Waals surface area contributed by atoms with Crippen molar-refractivity contribution in [3.8, 4) is 22.0 Å². The van der Waals surface area contributed by atoms with Gasteiger partial charge in [0.25, 0.3) is 5.91 Å². The monoisotopic (exact) mass is 368 g/mol. The number of thiazole rings is 1. The summed E-state index contributed by atoms with van der Waals surface area (Å²) in [4.78, 5) is 17.8. The quantitative estimate of drug-likeness (QED) is 0.570. The van der Waals surface area contributed by atoms with Crippen molar-refractivity contribution in [3.63, 3.8) is 0 Å². The molecule has 4 aromatic rings. The van der Waals surface area contributed by atoms with E-state index in [1.54, 1.807) is 11.3 Å². The van der Waals surface area contributed by atoms with Crippen molar-refractivity contribution in [1.29, 1.82) is 0 Å². The van der Waals surface area contributed by atoms with Crippen LogP contribution in [0.25, 0.3) is 16.3 Å². The highest BCUT2D eigenvalue weighted by Gasteiger charge is 2.18. The molecular formula is C17H12N4O2S2. The summed E-state index contributed by atoms with van der Waals surface area (Å²) in [5.41, 5.74) is 1.53. The van der Waals surface area contributed by atoms with Crippen molar-refractivity contribution < 1.29 is 9.90 Å². The molecule has 6 nitrogen and oxygen atoms in total. The van der Waals surface area contributed by atoms with Gasteiger partial charge in [0.05, 0.1) is 22.5 Å². The van der Waals surface area contributed by atoms with Crippen molar-refractivity contribution >= 4 is 33.7 Å². The van der Waals surface area contributed by atoms with E-state index < -0.39 is 5.91 Å². The van der Waals surface area contributed by atoms with E-state index >= 15 is 0 Å². The first-order chi connectivity index (χ1) is 12.2. The Morgan fingerprint density at radius 3 is 2.72 bits per heavy atom. The highest BCUT2D eigenvalue weighted by molar-refractivity contribution is 7.16. The third-order valence-electron chi connectivity index (χ3n) is 3.43. The van der Waals surface area contributed by atoms with Crippen LogP contribution in [0.5, 0.6) is 5.75 Å². The summed E-state index contributed by atoms with van der Waals surface area (Å²) in [5.74, 6) is -0.685. The smallest absolute Gasteiger partial charge is 0.281 e. The van der Waals surface area contributed by atoms with E-state index in [4.69, 9.17) is 0 Å². The number of hydrogen-bond donors (Lipinski definition) is 2. The highest BCUT2D eigenvalue weighted by atomic mass is 32.1. The summed E-state index contributed by atoms with van der Waals surface area (Å²) in [6.45, 7) is 0. The van der Waals surface area contributed by atoms with Crippen molar-refractivity contribution in [3.05, 3.63) is 65.1 Å². The Bertz CT molecular complexity index is 1010. The van der Waals surface area contributed by atoms with Gasteiger partial charge >= 0.3 is 0 Å². The Morgan fingerprint density at radius 1 is 1.12 bits per heavy atom. The van der Waals surface area contributed by atoms with E-state index in [0.717, 1.165) is 16.3 Å². The zero-order chi connectivity index (χ0) is 17.2. The molecule has 0 spiro atoms. The van der Waals surface area contributed by atoms with Crippen molar-refractivity contribution in [1.82, 2.24) is 14.8 Å². The number of aromatic hydroxyl groups is 1. The Labute approximate surface area is 151 Å². The summed E-state index contributed by atoms with van der Waals surface area (Å²) < 4.78 is 1.46. The lowest BCUT2D eigenvalue weighted by atomic mass is 10.3. The molecule has 4 rings (SSSR count). The van der Waals surface area contributed by atoms with Gasteiger partial charge in [-0.05, 0) is 23.6 Å². The van der Waals surface area contributed by atoms with Crippen LogP contribution < -0.4 is 5.32 Å². The number of carbonyl (C=O) groups is 1. The number of carbonyl (C=O) groups excluding carboxylic acids is 1. The molecule has 3 aromatic heterocycles. The Balaban J connectivity index is 1.55. The van der Waals surface area contributed by atoms with Gasteiger partial charge in [0, 0.05) is 5.38 Å². The molecule has 0 radical (unpaired) electrons. The van der Waals surface area contributed by atoms with Gasteiger partial charge in [-0.25, -0.2) is 9.67 Å². The minimum absolute atomic E-state index is 0.0447. The van der Waals surface area contributed by atoms with Crippen molar-refractivity contribution in [2.45, 2.75) is 0 Å². The minimum Gasteiger partial charge on any atom is -0.504 e. The number of thiophene rings is 1. The number of nitrogens with one attached hydrogen (secondary N) is 1. The van der Waals surface area contributed by atoms with Crippen LogP contribution in [0.3, 0.4) is 0 Å². The van der Waals surface area contributed by atoms with Crippen LogP contribution in [0, 0.1) is 0 Å². The number of amides is 1. The second-order valence-electron chi connectivity index (χ2n) is 5.11. The predicted octanol–water partition coefficient (Wildman–Crippen LogP) is 4.02. The van der Waals surface area contributed by atoms with Gasteiger partial charge in [0.2, 0.25) is 0 Å². The molecule has 0 saturated heterocycles. The molecule has 0 aliphatic carbocycles. The molecule has 2 N–H and O–H groups in total. The summed E-state index contributed by atoms with van der Waals surface area (Å²) in [6, 6.07) is 13.2. The van der Waals surface area contributed by atoms with Crippen molar-refractivity contribution in [2.24, 2.45) is 0 Å². The van der Waals surface area contributed by atoms with Crippen LogP contribution >= 0.6 is 22.7 Å². The molecule has 0 fully saturated rings. The molecule has 0 bridgehead atoms. The summed E-state index contributed by atoms with van der Waals surface area (Å²) in [7, 11) is 0. The Hall–Kier alpha value is -2.97. The molecule has 3 heterocycles. The van der Waals surface area contributed by atoms with E-state index in [1.807, 2.05) is 53.2 Å². The lowest BCUT2D eigenvalue weighted by molar-refractivity contribution is 0.101. The van der Waals surface area contributed by atoms with E-state index in [9.17, 15) is 9.90 Å². The summed E-state index contributed by atoms with van der Waals surface area (Å²) in [6.07, 6.45) is 1.41. The minimum atomic E-state index is -0.501. The topological polar surface area (TPSA) is 80.0 Å². The normalized spacial score (nSPS) is 10.7. The average molecular weight is 368 g/mol. The van der Waals surface area contributed by atoms with Crippen LogP contribution in [0.1, 0.15) is 10.5 Å². The SMILES string of the molecule is O=C(Nc1nc(-c2cccs2)cs1)c1nn(-c2ccccc2)cc1O. The van der Waals surface area contributed by atoms with Gasteiger partial charge in [0.15, 0.2) is 16.6 Å². The van der Waals surface area contributed by atoms with Gasteiger partial charge < -0.3 is 5.11 Å². The van der Waals surface area contributed by atoms with Crippen molar-refractivity contribution in [2.75, 3.05) is 5.32 Å². The molecular weight excluding hydrogens is 356 g/mol. The van der Waals surface area contributed by atoms with Gasteiger partial charge in [0.1, 0.15) is 0 Å². The molecule has 0 aliphatic rings. The number of anilines is 1. The number of nitrogens with zero attached hydrogens (tertiary/aromatic N) is 3. The maximum Gasteiger partial charge on any atom is 0.281 e. The van der Waals surface area contributed by atoms with Crippen LogP contribution in [0.15, 0.2) is 59.4 Å². The fraction of sp³-hybridized carbons (Fsp3) is 0. The summed E-state index contributed by atoms with van der Waals surface area (Å²) >= 11 is 2.91. The maximum absolute atomic E-state index is 12.4. The van der Waals surface area contributed by atoms with Gasteiger partial charge in [-0.15, -0.1) is 22.7 Å². The zero-order valence-corrected chi connectivity index (χ0v) is 14.4. The molecule has 8 heteroatoms. The van der Waals surface area contributed by atoms with Gasteiger partial charge in [-0.1, -0.05) is 24.3 Å². The first kappa shape index (κ1) is 15.6. The number of aromatic nitrogens is 3. The van der Waals surface area contributed by atoms with E-state index in [1.165, 1.54) is 22.2 Å². The Morgan fingerprint density at radius 2 is 1.96 bits per heavy atom. The first-order valence-electron chi connectivity index (χ1n) is 7.35. The van der Waals surface area contributed by atoms with Crippen LogP contribution in [-0.2, 0) is 0 Å².